The molecule has 3 heterocycles. The lowest BCUT2D eigenvalue weighted by Crippen LogP contribution is -2.59. The van der Waals surface area contributed by atoms with Gasteiger partial charge in [0.05, 0.1) is 39.9 Å². The number of para-hydroxylation sites is 1. The van der Waals surface area contributed by atoms with Crippen LogP contribution in [-0.4, -0.2) is 81.5 Å². The van der Waals surface area contributed by atoms with Crippen molar-refractivity contribution in [2.45, 2.75) is 62.1 Å². The number of rotatable bonds is 11. The second kappa shape index (κ2) is 11.7. The van der Waals surface area contributed by atoms with E-state index in [1.807, 2.05) is 32.9 Å². The first-order valence-corrected chi connectivity index (χ1v) is 15.0. The topological polar surface area (TPSA) is 81.2 Å². The van der Waals surface area contributed by atoms with Crippen LogP contribution in [0.25, 0.3) is 0 Å². The molecule has 0 saturated carbocycles. The number of halogens is 1. The Hall–Kier alpha value is -2.29. The number of thioether (sulfide) groups is 1. The molecule has 0 aliphatic carbocycles. The van der Waals surface area contributed by atoms with Crippen LogP contribution in [-0.2, 0) is 14.4 Å². The zero-order chi connectivity index (χ0) is 28.6. The quantitative estimate of drug-likeness (QED) is 0.399. The van der Waals surface area contributed by atoms with E-state index in [0.717, 1.165) is 18.4 Å². The molecule has 212 valence electrons. The number of likely N-dealkylation sites (tertiary alicyclic amines) is 1. The lowest BCUT2D eigenvalue weighted by molar-refractivity contribution is -0.145. The molecule has 2 unspecified atom stereocenters. The Morgan fingerprint density at radius 1 is 1.28 bits per heavy atom. The molecule has 9 heteroatoms. The number of fused-ring (bicyclic) bond motifs is 1. The number of aryl methyl sites for hydroxylation is 1. The second-order valence-electron chi connectivity index (χ2n) is 11.1. The summed E-state index contributed by atoms with van der Waals surface area (Å²) in [4.78, 5) is 47.8. The van der Waals surface area contributed by atoms with Gasteiger partial charge in [-0.3, -0.25) is 14.4 Å². The van der Waals surface area contributed by atoms with E-state index in [9.17, 15) is 19.5 Å². The number of benzene rings is 1. The Morgan fingerprint density at radius 2 is 1.97 bits per heavy atom. The highest BCUT2D eigenvalue weighted by molar-refractivity contribution is 8.02. The van der Waals surface area contributed by atoms with Crippen LogP contribution in [0.2, 0.25) is 5.02 Å². The van der Waals surface area contributed by atoms with Gasteiger partial charge in [0, 0.05) is 25.4 Å². The van der Waals surface area contributed by atoms with Gasteiger partial charge in [-0.05, 0) is 37.3 Å². The van der Waals surface area contributed by atoms with Crippen LogP contribution in [0.15, 0.2) is 43.5 Å². The summed E-state index contributed by atoms with van der Waals surface area (Å²) in [6.07, 6.45) is 5.47. The summed E-state index contributed by atoms with van der Waals surface area (Å²) >= 11 is 8.27. The summed E-state index contributed by atoms with van der Waals surface area (Å²) in [5.74, 6) is -1.74. The number of carbonyl (C=O) groups is 3. The SMILES string of the molecule is C=CCN(C)C(=O)[C@@H]1[C@H]2C(=O)N([C@@H](CO)[C@@H](C)CC)C(C(=O)N(CC=C)c3c(C)cccc3Cl)C23CC[C@H]1S3. The average Bonchev–Trinajstić information content (AvgIpc) is 3.55. The maximum absolute atomic E-state index is 14.8. The molecular weight excluding hydrogens is 534 g/mol. The molecule has 4 rings (SSSR count). The number of aliphatic hydroxyl groups excluding tert-OH is 1. The maximum Gasteiger partial charge on any atom is 0.251 e. The molecule has 1 aromatic carbocycles. The third-order valence-electron chi connectivity index (χ3n) is 8.92. The van der Waals surface area contributed by atoms with E-state index in [4.69, 9.17) is 11.6 Å². The van der Waals surface area contributed by atoms with E-state index in [1.165, 1.54) is 0 Å². The molecule has 1 spiro atoms. The van der Waals surface area contributed by atoms with E-state index in [0.29, 0.717) is 23.7 Å². The van der Waals surface area contributed by atoms with Crippen molar-refractivity contribution in [3.05, 3.63) is 54.1 Å². The summed E-state index contributed by atoms with van der Waals surface area (Å²) in [6.45, 7) is 13.9. The number of anilines is 1. The first-order valence-electron chi connectivity index (χ1n) is 13.7. The van der Waals surface area contributed by atoms with E-state index in [-0.39, 0.29) is 42.0 Å². The van der Waals surface area contributed by atoms with Crippen LogP contribution < -0.4 is 4.90 Å². The Kier molecular flexibility index (Phi) is 8.89. The van der Waals surface area contributed by atoms with Crippen LogP contribution in [0.5, 0.6) is 0 Å². The predicted molar refractivity (Wildman–Crippen MR) is 158 cm³/mol. The Labute approximate surface area is 241 Å². The monoisotopic (exact) mass is 573 g/mol. The third kappa shape index (κ3) is 4.72. The minimum Gasteiger partial charge on any atom is -0.394 e. The number of carbonyl (C=O) groups excluding carboxylic acids is 3. The second-order valence-corrected chi connectivity index (χ2v) is 13.1. The van der Waals surface area contributed by atoms with Crippen molar-refractivity contribution in [3.63, 3.8) is 0 Å². The number of hydrogen-bond donors (Lipinski definition) is 1. The van der Waals surface area contributed by atoms with Gasteiger partial charge in [-0.15, -0.1) is 24.9 Å². The van der Waals surface area contributed by atoms with Crippen molar-refractivity contribution in [1.82, 2.24) is 9.80 Å². The van der Waals surface area contributed by atoms with Crippen molar-refractivity contribution >= 4 is 46.8 Å². The van der Waals surface area contributed by atoms with Crippen molar-refractivity contribution in [1.29, 1.82) is 0 Å². The molecule has 1 N–H and O–H groups in total. The smallest absolute Gasteiger partial charge is 0.251 e. The van der Waals surface area contributed by atoms with Crippen molar-refractivity contribution in [2.24, 2.45) is 17.8 Å². The molecule has 3 amide bonds. The van der Waals surface area contributed by atoms with E-state index in [1.54, 1.807) is 51.7 Å². The van der Waals surface area contributed by atoms with E-state index in [2.05, 4.69) is 13.2 Å². The van der Waals surface area contributed by atoms with Crippen LogP contribution in [0.3, 0.4) is 0 Å². The van der Waals surface area contributed by atoms with E-state index < -0.39 is 28.7 Å². The molecule has 7 nitrogen and oxygen atoms in total. The normalized spacial score (nSPS) is 28.7. The van der Waals surface area contributed by atoms with Gasteiger partial charge in [-0.2, -0.15) is 0 Å². The molecule has 3 fully saturated rings. The highest BCUT2D eigenvalue weighted by atomic mass is 35.5. The number of hydrogen-bond acceptors (Lipinski definition) is 5. The fourth-order valence-corrected chi connectivity index (χ4v) is 9.41. The molecule has 39 heavy (non-hydrogen) atoms. The van der Waals surface area contributed by atoms with E-state index >= 15 is 0 Å². The molecule has 0 aromatic heterocycles. The van der Waals surface area contributed by atoms with Gasteiger partial charge < -0.3 is 19.8 Å². The first-order chi connectivity index (χ1) is 18.6. The number of nitrogens with zero attached hydrogens (tertiary/aromatic N) is 3. The van der Waals surface area contributed by atoms with Crippen molar-refractivity contribution in [3.8, 4) is 0 Å². The minimum absolute atomic E-state index is 0.0396. The summed E-state index contributed by atoms with van der Waals surface area (Å²) in [5, 5.41) is 11.0. The standard InChI is InChI=1S/C30H40ClN3O4S/c1-7-15-32(6)27(36)23-22-13-14-30(39-22)24(23)28(37)34(21(17-35)18(4)9-3)26(30)29(38)33(16-8-2)25-19(5)11-10-12-20(25)31/h7-8,10-12,18,21-24,26,35H,1-2,9,13-17H2,3-6H3/t18-,21-,22+,23-,24-,26?,30?/m0/s1. The van der Waals surface area contributed by atoms with Gasteiger partial charge in [0.15, 0.2) is 0 Å². The Morgan fingerprint density at radius 3 is 2.56 bits per heavy atom. The molecule has 2 bridgehead atoms. The molecule has 1 aromatic rings. The highest BCUT2D eigenvalue weighted by Crippen LogP contribution is 2.67. The Bertz CT molecular complexity index is 1140. The summed E-state index contributed by atoms with van der Waals surface area (Å²) in [5.41, 5.74) is 1.43. The summed E-state index contributed by atoms with van der Waals surface area (Å²) in [7, 11) is 1.73. The molecule has 3 saturated heterocycles. The molecule has 7 atom stereocenters. The maximum atomic E-state index is 14.8. The van der Waals surface area contributed by atoms with Crippen LogP contribution in [0, 0.1) is 24.7 Å². The average molecular weight is 574 g/mol. The van der Waals surface area contributed by atoms with Crippen molar-refractivity contribution < 1.29 is 19.5 Å². The lowest BCUT2D eigenvalue weighted by Gasteiger charge is -2.41. The third-order valence-corrected chi connectivity index (χ3v) is 11.2. The van der Waals surface area contributed by atoms with Gasteiger partial charge in [-0.25, -0.2) is 0 Å². The zero-order valence-corrected chi connectivity index (χ0v) is 24.9. The van der Waals surface area contributed by atoms with Gasteiger partial charge >= 0.3 is 0 Å². The predicted octanol–water partition coefficient (Wildman–Crippen LogP) is 4.31. The number of aliphatic hydroxyl groups is 1. The van der Waals surface area contributed by atoms with Gasteiger partial charge in [0.2, 0.25) is 11.8 Å². The summed E-state index contributed by atoms with van der Waals surface area (Å²) in [6, 6.07) is 4.11. The zero-order valence-electron chi connectivity index (χ0n) is 23.3. The molecule has 0 radical (unpaired) electrons. The molecule has 3 aliphatic rings. The largest absolute Gasteiger partial charge is 0.394 e. The fourth-order valence-electron chi connectivity index (χ4n) is 6.89. The molecule has 3 aliphatic heterocycles. The minimum atomic E-state index is -0.839. The van der Waals surface area contributed by atoms with Crippen LogP contribution in [0.1, 0.15) is 38.7 Å². The van der Waals surface area contributed by atoms with Gasteiger partial charge in [0.25, 0.3) is 5.91 Å². The first kappa shape index (κ1) is 29.7. The lowest BCUT2D eigenvalue weighted by atomic mass is 9.70. The number of amides is 3. The summed E-state index contributed by atoms with van der Waals surface area (Å²) < 4.78 is -0.760. The van der Waals surface area contributed by atoms with Crippen molar-refractivity contribution in [2.75, 3.05) is 31.6 Å². The van der Waals surface area contributed by atoms with Crippen LogP contribution in [0.4, 0.5) is 5.69 Å². The van der Waals surface area contributed by atoms with Gasteiger partial charge in [0.1, 0.15) is 6.04 Å². The highest BCUT2D eigenvalue weighted by Gasteiger charge is 2.74. The van der Waals surface area contributed by atoms with Crippen LogP contribution >= 0.6 is 23.4 Å². The van der Waals surface area contributed by atoms with Gasteiger partial charge in [-0.1, -0.05) is 56.2 Å². The molecular formula is C30H40ClN3O4S. The number of likely N-dealkylation sites (N-methyl/N-ethyl adjacent to an activating group) is 1. The fraction of sp³-hybridized carbons (Fsp3) is 0.567. The Balaban J connectivity index is 1.87.